The Morgan fingerprint density at radius 2 is 2.11 bits per heavy atom. The van der Waals surface area contributed by atoms with Gasteiger partial charge in [0.15, 0.2) is 0 Å². The lowest BCUT2D eigenvalue weighted by Gasteiger charge is -2.22. The van der Waals surface area contributed by atoms with Gasteiger partial charge in [0.2, 0.25) is 5.95 Å². The second kappa shape index (κ2) is 11.1. The molecule has 1 fully saturated rings. The number of carboxylic acid groups (broad SMARTS) is 1. The summed E-state index contributed by atoms with van der Waals surface area (Å²) in [5.41, 5.74) is 8.55. The van der Waals surface area contributed by atoms with E-state index in [9.17, 15) is 15.2 Å². The van der Waals surface area contributed by atoms with Gasteiger partial charge in [-0.25, -0.2) is 19.7 Å². The molecule has 1 aromatic carbocycles. The maximum absolute atomic E-state index is 11.5. The summed E-state index contributed by atoms with van der Waals surface area (Å²) in [6, 6.07) is 13.7. The lowest BCUT2D eigenvalue weighted by atomic mass is 10.1. The number of nitrogen functional groups attached to an aromatic ring is 1. The molecule has 1 atom stereocenters. The number of aliphatic carboxylic acids is 1. The van der Waals surface area contributed by atoms with Crippen LogP contribution in [0.5, 0.6) is 5.75 Å². The van der Waals surface area contributed by atoms with E-state index in [2.05, 4.69) is 31.1 Å². The van der Waals surface area contributed by atoms with Crippen molar-refractivity contribution in [2.24, 2.45) is 15.9 Å². The molecule has 0 unspecified atom stereocenters. The molecule has 12 heteroatoms. The minimum atomic E-state index is -0.855. The molecule has 0 radical (unpaired) electrons. The molecule has 12 nitrogen and oxygen atoms in total. The Balaban J connectivity index is 1.56. The molecule has 5 N–H and O–H groups in total. The van der Waals surface area contributed by atoms with Gasteiger partial charge in [-0.15, -0.1) is 0 Å². The van der Waals surface area contributed by atoms with E-state index in [4.69, 9.17) is 16.3 Å². The third kappa shape index (κ3) is 5.46. The van der Waals surface area contributed by atoms with Crippen LogP contribution in [0.3, 0.4) is 0 Å². The maximum atomic E-state index is 11.5. The summed E-state index contributed by atoms with van der Waals surface area (Å²) in [6.45, 7) is 0.851. The molecule has 4 rings (SSSR count). The third-order valence-electron chi connectivity index (χ3n) is 5.85. The molecule has 0 amide bonds. The van der Waals surface area contributed by atoms with Gasteiger partial charge in [-0.05, 0) is 43.2 Å². The Labute approximate surface area is 213 Å². The summed E-state index contributed by atoms with van der Waals surface area (Å²) in [7, 11) is 1.47. The van der Waals surface area contributed by atoms with Gasteiger partial charge in [-0.1, -0.05) is 12.1 Å². The van der Waals surface area contributed by atoms with Gasteiger partial charge in [0.25, 0.3) is 0 Å². The number of hydrogen-bond acceptors (Lipinski definition) is 11. The zero-order valence-electron chi connectivity index (χ0n) is 20.1. The van der Waals surface area contributed by atoms with E-state index < -0.39 is 12.0 Å². The number of nitrogens with zero attached hydrogens (tertiary/aromatic N) is 7. The lowest BCUT2D eigenvalue weighted by Crippen LogP contribution is -2.36. The highest BCUT2D eigenvalue weighted by molar-refractivity contribution is 6.37. The van der Waals surface area contributed by atoms with Gasteiger partial charge in [0.05, 0.1) is 42.5 Å². The number of ether oxygens (including phenoxy) is 1. The average Bonchev–Trinajstić information content (AvgIpc) is 3.41. The van der Waals surface area contributed by atoms with Crippen LogP contribution in [0.2, 0.25) is 0 Å². The SMILES string of the molecule is COc1c(C#N)cccc1-c1cc(C(C=NCc2cccc(N3CCC[C@@H]3C(=O)O)n2)=NN)nc(N)n1. The normalized spacial score (nSPS) is 15.6. The van der Waals surface area contributed by atoms with Gasteiger partial charge >= 0.3 is 5.97 Å². The number of methoxy groups -OCH3 is 1. The summed E-state index contributed by atoms with van der Waals surface area (Å²) in [5, 5.41) is 22.6. The van der Waals surface area contributed by atoms with Gasteiger partial charge in [0.1, 0.15) is 29.4 Å². The van der Waals surface area contributed by atoms with Crippen LogP contribution in [0.25, 0.3) is 11.3 Å². The number of benzene rings is 1. The van der Waals surface area contributed by atoms with Crippen LogP contribution in [0.4, 0.5) is 11.8 Å². The molecule has 3 heterocycles. The molecule has 1 saturated heterocycles. The van der Waals surface area contributed by atoms with E-state index >= 15 is 0 Å². The minimum absolute atomic E-state index is 0.0144. The Hall–Kier alpha value is -5.05. The van der Waals surface area contributed by atoms with Crippen LogP contribution in [0.1, 0.15) is 29.8 Å². The molecule has 0 bridgehead atoms. The molecule has 188 valence electrons. The molecule has 37 heavy (non-hydrogen) atoms. The van der Waals surface area contributed by atoms with Gasteiger partial charge < -0.3 is 26.3 Å². The van der Waals surface area contributed by atoms with Gasteiger partial charge in [0, 0.05) is 12.1 Å². The van der Waals surface area contributed by atoms with Crippen molar-refractivity contribution >= 4 is 29.7 Å². The number of aromatic nitrogens is 3. The predicted molar refractivity (Wildman–Crippen MR) is 138 cm³/mol. The van der Waals surface area contributed by atoms with E-state index in [-0.39, 0.29) is 18.2 Å². The topological polar surface area (TPSA) is 189 Å². The number of anilines is 2. The number of pyridine rings is 1. The molecular formula is C25H25N9O3. The zero-order chi connectivity index (χ0) is 26.4. The number of nitriles is 1. The number of hydrogen-bond donors (Lipinski definition) is 3. The Morgan fingerprint density at radius 3 is 2.84 bits per heavy atom. The summed E-state index contributed by atoms with van der Waals surface area (Å²) >= 11 is 0. The summed E-state index contributed by atoms with van der Waals surface area (Å²) < 4.78 is 5.42. The molecule has 0 aliphatic carbocycles. The van der Waals surface area contributed by atoms with E-state index in [1.165, 1.54) is 13.3 Å². The first-order valence-corrected chi connectivity index (χ1v) is 11.4. The van der Waals surface area contributed by atoms with Crippen molar-refractivity contribution in [1.82, 2.24) is 15.0 Å². The van der Waals surface area contributed by atoms with Crippen LogP contribution in [0.15, 0.2) is 52.6 Å². The Kier molecular flexibility index (Phi) is 7.53. The van der Waals surface area contributed by atoms with Crippen molar-refractivity contribution in [3.8, 4) is 23.1 Å². The molecule has 1 aliphatic rings. The molecule has 1 aliphatic heterocycles. The van der Waals surface area contributed by atoms with Crippen molar-refractivity contribution in [3.63, 3.8) is 0 Å². The molecule has 3 aromatic rings. The maximum Gasteiger partial charge on any atom is 0.326 e. The largest absolute Gasteiger partial charge is 0.495 e. The average molecular weight is 500 g/mol. The fourth-order valence-corrected chi connectivity index (χ4v) is 4.19. The van der Waals surface area contributed by atoms with Crippen LogP contribution >= 0.6 is 0 Å². The first-order chi connectivity index (χ1) is 17.9. The fraction of sp³-hybridized carbons (Fsp3) is 0.240. The Morgan fingerprint density at radius 1 is 1.30 bits per heavy atom. The number of rotatable bonds is 8. The monoisotopic (exact) mass is 499 g/mol. The van der Waals surface area contributed by atoms with Crippen LogP contribution in [-0.2, 0) is 11.3 Å². The molecular weight excluding hydrogens is 474 g/mol. The van der Waals surface area contributed by atoms with E-state index in [0.29, 0.717) is 52.7 Å². The quantitative estimate of drug-likeness (QED) is 0.235. The second-order valence-corrected chi connectivity index (χ2v) is 8.16. The van der Waals surface area contributed by atoms with Gasteiger partial charge in [-0.2, -0.15) is 10.4 Å². The number of hydrazone groups is 1. The number of nitrogens with two attached hydrogens (primary N) is 2. The summed E-state index contributed by atoms with van der Waals surface area (Å²) in [6.07, 6.45) is 2.85. The van der Waals surface area contributed by atoms with Crippen molar-refractivity contribution in [1.29, 1.82) is 5.26 Å². The lowest BCUT2D eigenvalue weighted by molar-refractivity contribution is -0.138. The van der Waals surface area contributed by atoms with Crippen molar-refractivity contribution in [3.05, 3.63) is 59.4 Å². The van der Waals surface area contributed by atoms with E-state index in [1.54, 1.807) is 41.3 Å². The van der Waals surface area contributed by atoms with E-state index in [1.807, 2.05) is 6.07 Å². The van der Waals surface area contributed by atoms with Crippen LogP contribution in [-0.4, -0.2) is 57.7 Å². The highest BCUT2D eigenvalue weighted by Gasteiger charge is 2.31. The second-order valence-electron chi connectivity index (χ2n) is 8.16. The number of carbonyl (C=O) groups is 1. The molecule has 0 saturated carbocycles. The van der Waals surface area contributed by atoms with E-state index in [0.717, 1.165) is 6.42 Å². The van der Waals surface area contributed by atoms with Crippen molar-refractivity contribution in [2.75, 3.05) is 24.3 Å². The predicted octanol–water partition coefficient (Wildman–Crippen LogP) is 1.99. The zero-order valence-corrected chi connectivity index (χ0v) is 20.1. The molecule has 0 spiro atoms. The van der Waals surface area contributed by atoms with Crippen LogP contribution in [0, 0.1) is 11.3 Å². The first-order valence-electron chi connectivity index (χ1n) is 11.4. The minimum Gasteiger partial charge on any atom is -0.495 e. The first kappa shape index (κ1) is 25.1. The highest BCUT2D eigenvalue weighted by Crippen LogP contribution is 2.32. The number of aliphatic imine (C=N–C) groups is 1. The number of carboxylic acids is 1. The highest BCUT2D eigenvalue weighted by atomic mass is 16.5. The summed E-state index contributed by atoms with van der Waals surface area (Å²) in [4.78, 5) is 30.8. The van der Waals surface area contributed by atoms with Crippen LogP contribution < -0.4 is 21.2 Å². The van der Waals surface area contributed by atoms with Crippen molar-refractivity contribution in [2.45, 2.75) is 25.4 Å². The standard InChI is InChI=1S/C25H25N9O3/c1-37-23-15(12-26)5-2-7-17(23)18-11-19(32-25(27)31-18)20(33-28)14-29-13-16-6-3-9-22(30-16)34-10-4-8-21(34)24(35)36/h2-3,5-7,9,11,14,21H,4,8,10,13,28H2,1H3,(H,35,36)(H2,27,31,32)/t21-/m1/s1. The fourth-order valence-electron chi connectivity index (χ4n) is 4.19. The molecule has 2 aromatic heterocycles. The van der Waals surface area contributed by atoms with Crippen molar-refractivity contribution < 1.29 is 14.6 Å². The summed E-state index contributed by atoms with van der Waals surface area (Å²) in [5.74, 6) is 5.72. The smallest absolute Gasteiger partial charge is 0.326 e. The Bertz CT molecular complexity index is 1410. The third-order valence-corrected chi connectivity index (χ3v) is 5.85. The van der Waals surface area contributed by atoms with Gasteiger partial charge in [-0.3, -0.25) is 4.99 Å². The number of para-hydroxylation sites is 1.